The van der Waals surface area contributed by atoms with E-state index in [1.807, 2.05) is 0 Å². The Balaban J connectivity index is 3.06. The molecule has 9 nitrogen and oxygen atoms in total. The second-order valence-corrected chi connectivity index (χ2v) is 7.14. The average Bonchev–Trinajstić information content (AvgIpc) is 2.62. The Hall–Kier alpha value is -2.58. The number of nitrogen functional groups attached to an aromatic ring is 1. The molecule has 1 aromatic rings. The lowest BCUT2D eigenvalue weighted by Crippen LogP contribution is -2.34. The van der Waals surface area contributed by atoms with Crippen LogP contribution in [-0.2, 0) is 9.47 Å². The van der Waals surface area contributed by atoms with Crippen LogP contribution in [-0.4, -0.2) is 28.2 Å². The van der Waals surface area contributed by atoms with E-state index in [0.29, 0.717) is 10.4 Å². The summed E-state index contributed by atoms with van der Waals surface area (Å²) in [5.41, 5.74) is 7.27. The van der Waals surface area contributed by atoms with Gasteiger partial charge in [-0.2, -0.15) is 4.79 Å². The zero-order chi connectivity index (χ0) is 18.7. The molecule has 0 aromatic carbocycles. The molecule has 0 aliphatic heterocycles. The van der Waals surface area contributed by atoms with Crippen LogP contribution in [0.2, 0.25) is 0 Å². The van der Waals surface area contributed by atoms with Gasteiger partial charge in [0.05, 0.1) is 0 Å². The van der Waals surface area contributed by atoms with E-state index in [9.17, 15) is 9.59 Å². The fourth-order valence-electron chi connectivity index (χ4n) is 1.44. The van der Waals surface area contributed by atoms with Gasteiger partial charge in [0, 0.05) is 11.6 Å². The Kier molecular flexibility index (Phi) is 5.59. The SMILES string of the molecule is Cc1cc(N[N+](=NC(=O)OC(C)(C)C)C(=O)OC(C)(C)C)oc1N. The zero-order valence-electron chi connectivity index (χ0n) is 15.1. The first-order chi connectivity index (χ1) is 10.8. The summed E-state index contributed by atoms with van der Waals surface area (Å²) >= 11 is 0. The summed E-state index contributed by atoms with van der Waals surface area (Å²) in [5.74, 6) is 0.307. The predicted octanol–water partition coefficient (Wildman–Crippen LogP) is 3.83. The van der Waals surface area contributed by atoms with Gasteiger partial charge in [0.2, 0.25) is 0 Å². The van der Waals surface area contributed by atoms with Crippen molar-refractivity contribution in [2.75, 3.05) is 11.2 Å². The van der Waals surface area contributed by atoms with Crippen LogP contribution in [0.15, 0.2) is 15.6 Å². The molecule has 2 amide bonds. The smallest absolute Gasteiger partial charge is 0.439 e. The first-order valence-corrected chi connectivity index (χ1v) is 7.37. The molecule has 9 heteroatoms. The molecular weight excluding hydrogens is 316 g/mol. The molecule has 0 spiro atoms. The third-order valence-corrected chi connectivity index (χ3v) is 2.31. The topological polar surface area (TPSA) is 119 Å². The molecule has 1 aromatic heterocycles. The normalized spacial score (nSPS) is 12.7. The minimum absolute atomic E-state index is 0.128. The van der Waals surface area contributed by atoms with E-state index in [4.69, 9.17) is 19.6 Å². The van der Waals surface area contributed by atoms with Crippen molar-refractivity contribution >= 4 is 24.0 Å². The van der Waals surface area contributed by atoms with Crippen molar-refractivity contribution in [2.45, 2.75) is 59.7 Å². The number of ether oxygens (including phenoxy) is 2. The lowest BCUT2D eigenvalue weighted by molar-refractivity contribution is -0.485. The number of nitrogens with one attached hydrogen (secondary N) is 1. The predicted molar refractivity (Wildman–Crippen MR) is 86.6 cm³/mol. The maximum Gasteiger partial charge on any atom is 0.654 e. The molecule has 24 heavy (non-hydrogen) atoms. The highest BCUT2D eigenvalue weighted by Crippen LogP contribution is 2.21. The number of nitrogens with two attached hydrogens (primary N) is 1. The summed E-state index contributed by atoms with van der Waals surface area (Å²) in [6.45, 7) is 11.8. The van der Waals surface area contributed by atoms with Gasteiger partial charge in [0.15, 0.2) is 5.88 Å². The summed E-state index contributed by atoms with van der Waals surface area (Å²) < 4.78 is 15.5. The molecule has 1 rings (SSSR count). The molecule has 134 valence electrons. The van der Waals surface area contributed by atoms with Crippen molar-refractivity contribution in [1.29, 1.82) is 0 Å². The molecule has 0 saturated carbocycles. The molecule has 0 fully saturated rings. The number of rotatable bonds is 2. The van der Waals surface area contributed by atoms with Crippen molar-refractivity contribution in [3.63, 3.8) is 0 Å². The summed E-state index contributed by atoms with van der Waals surface area (Å²) in [7, 11) is 0. The Labute approximate surface area is 140 Å². The number of carbonyl (C=O) groups excluding carboxylic acids is 2. The van der Waals surface area contributed by atoms with E-state index >= 15 is 0 Å². The van der Waals surface area contributed by atoms with Crippen molar-refractivity contribution in [3.8, 4) is 0 Å². The van der Waals surface area contributed by atoms with Crippen molar-refractivity contribution in [3.05, 3.63) is 11.6 Å². The molecule has 0 unspecified atom stereocenters. The number of furan rings is 1. The lowest BCUT2D eigenvalue weighted by Gasteiger charge is -2.17. The van der Waals surface area contributed by atoms with Crippen molar-refractivity contribution in [1.82, 2.24) is 0 Å². The quantitative estimate of drug-likeness (QED) is 0.476. The molecule has 1 heterocycles. The van der Waals surface area contributed by atoms with Crippen LogP contribution in [0.5, 0.6) is 0 Å². The second-order valence-electron chi connectivity index (χ2n) is 7.14. The van der Waals surface area contributed by atoms with E-state index < -0.39 is 23.4 Å². The van der Waals surface area contributed by atoms with Gasteiger partial charge in [0.25, 0.3) is 5.88 Å². The number of azo groups is 1. The van der Waals surface area contributed by atoms with Crippen LogP contribution < -0.4 is 11.2 Å². The number of hydrogen-bond acceptors (Lipinski definition) is 6. The van der Waals surface area contributed by atoms with Gasteiger partial charge < -0.3 is 19.6 Å². The highest BCUT2D eigenvalue weighted by Gasteiger charge is 2.33. The zero-order valence-corrected chi connectivity index (χ0v) is 15.1. The largest absolute Gasteiger partial charge is 0.654 e. The fraction of sp³-hybridized carbons (Fsp3) is 0.600. The highest BCUT2D eigenvalue weighted by molar-refractivity contribution is 5.69. The highest BCUT2D eigenvalue weighted by atomic mass is 16.6. The minimum atomic E-state index is -0.961. The standard InChI is InChI=1S/C15H24N4O5/c1-9-8-10(22-11(9)16)17-19(13(21)24-15(5,6)7)18-12(20)23-14(2,3)4/h8,16H,1-7H3,(H,18,20)/p+1. The Morgan fingerprint density at radius 1 is 1.17 bits per heavy atom. The van der Waals surface area contributed by atoms with Crippen molar-refractivity contribution in [2.24, 2.45) is 5.11 Å². The molecule has 0 radical (unpaired) electrons. The number of carbonyl (C=O) groups is 2. The van der Waals surface area contributed by atoms with E-state index in [1.165, 1.54) is 0 Å². The van der Waals surface area contributed by atoms with Gasteiger partial charge in [-0.1, -0.05) is 5.43 Å². The van der Waals surface area contributed by atoms with E-state index in [1.54, 1.807) is 54.5 Å². The molecule has 0 bridgehead atoms. The fourth-order valence-corrected chi connectivity index (χ4v) is 1.44. The maximum atomic E-state index is 12.2. The molecular formula is C15H25N4O5+. The van der Waals surface area contributed by atoms with Crippen LogP contribution >= 0.6 is 0 Å². The number of amides is 2. The van der Waals surface area contributed by atoms with Crippen LogP contribution in [0.1, 0.15) is 47.1 Å². The minimum Gasteiger partial charge on any atom is -0.439 e. The first kappa shape index (κ1) is 19.5. The van der Waals surface area contributed by atoms with Crippen LogP contribution in [0, 0.1) is 6.92 Å². The second kappa shape index (κ2) is 6.90. The number of hydrazine groups is 1. The summed E-state index contributed by atoms with van der Waals surface area (Å²) in [6.07, 6.45) is -1.86. The lowest BCUT2D eigenvalue weighted by atomic mass is 10.2. The Bertz CT molecular complexity index is 630. The van der Waals surface area contributed by atoms with E-state index in [-0.39, 0.29) is 11.8 Å². The van der Waals surface area contributed by atoms with E-state index in [2.05, 4.69) is 10.5 Å². The summed E-state index contributed by atoms with van der Waals surface area (Å²) in [6, 6.07) is 1.55. The third-order valence-electron chi connectivity index (χ3n) is 2.31. The van der Waals surface area contributed by atoms with E-state index in [0.717, 1.165) is 0 Å². The number of hydrogen-bond donors (Lipinski definition) is 2. The third kappa shape index (κ3) is 6.67. The van der Waals surface area contributed by atoms with Gasteiger partial charge in [0.1, 0.15) is 21.1 Å². The van der Waals surface area contributed by atoms with Crippen LogP contribution in [0.25, 0.3) is 0 Å². The van der Waals surface area contributed by atoms with Gasteiger partial charge in [-0.3, -0.25) is 0 Å². The summed E-state index contributed by atoms with van der Waals surface area (Å²) in [5, 5.41) is 3.57. The van der Waals surface area contributed by atoms with Crippen LogP contribution in [0.4, 0.5) is 21.4 Å². The van der Waals surface area contributed by atoms with Gasteiger partial charge >= 0.3 is 12.2 Å². The van der Waals surface area contributed by atoms with Gasteiger partial charge in [-0.25, -0.2) is 4.79 Å². The Morgan fingerprint density at radius 2 is 1.71 bits per heavy atom. The maximum absolute atomic E-state index is 12.2. The Morgan fingerprint density at radius 3 is 2.12 bits per heavy atom. The molecule has 3 N–H and O–H groups in total. The molecule has 0 aliphatic rings. The van der Waals surface area contributed by atoms with Gasteiger partial charge in [-0.05, 0) is 48.5 Å². The van der Waals surface area contributed by atoms with Crippen molar-refractivity contribution < 1.29 is 28.3 Å². The molecule has 0 saturated heterocycles. The van der Waals surface area contributed by atoms with Crippen LogP contribution in [0.3, 0.4) is 0 Å². The molecule has 0 aliphatic carbocycles. The van der Waals surface area contributed by atoms with Gasteiger partial charge in [-0.15, -0.1) is 0 Å². The molecule has 0 atom stereocenters. The number of anilines is 2. The number of nitrogens with zero attached hydrogens (tertiary/aromatic N) is 2. The average molecular weight is 341 g/mol. The monoisotopic (exact) mass is 341 g/mol. The summed E-state index contributed by atoms with van der Waals surface area (Å²) in [4.78, 5) is 24.7. The number of aryl methyl sites for hydroxylation is 1. The first-order valence-electron chi connectivity index (χ1n) is 7.37.